The van der Waals surface area contributed by atoms with E-state index in [1.807, 2.05) is 0 Å². The van der Waals surface area contributed by atoms with Gasteiger partial charge in [0, 0.05) is 11.1 Å². The van der Waals surface area contributed by atoms with Crippen LogP contribution >= 0.6 is 0 Å². The Balaban J connectivity index is 2.85. The van der Waals surface area contributed by atoms with Crippen molar-refractivity contribution in [3.63, 3.8) is 0 Å². The van der Waals surface area contributed by atoms with Crippen molar-refractivity contribution in [2.75, 3.05) is 26.4 Å². The van der Waals surface area contributed by atoms with Gasteiger partial charge in [0.25, 0.3) is 0 Å². The maximum atomic E-state index is 14.1. The van der Waals surface area contributed by atoms with Crippen LogP contribution in [0.15, 0.2) is 58.4 Å². The molecule has 0 amide bonds. The summed E-state index contributed by atoms with van der Waals surface area (Å²) in [4.78, 5) is 23.9. The standard InChI is InChI=1S/C28H34O10S/c1-9-33-23-19(37-27(29)17(5)6)13-15-21(25(23)35-11-3)39(31,32)22-16-14-20(38-28(30)18(7)8)24(34-10-2)26(22)36-12-4/h13-16H,5,7,9-12H2,1-4,6,8H3. The first-order valence-corrected chi connectivity index (χ1v) is 13.8. The van der Waals surface area contributed by atoms with Gasteiger partial charge < -0.3 is 28.4 Å². The molecule has 0 aromatic heterocycles. The number of sulfone groups is 1. The van der Waals surface area contributed by atoms with E-state index in [4.69, 9.17) is 28.4 Å². The molecule has 0 bridgehead atoms. The summed E-state index contributed by atoms with van der Waals surface area (Å²) in [6.07, 6.45) is 0. The van der Waals surface area contributed by atoms with E-state index in [1.165, 1.54) is 38.1 Å². The molecule has 39 heavy (non-hydrogen) atoms. The molecular weight excluding hydrogens is 528 g/mol. The van der Waals surface area contributed by atoms with E-state index in [1.54, 1.807) is 27.7 Å². The van der Waals surface area contributed by atoms with Gasteiger partial charge in [0.05, 0.1) is 26.4 Å². The number of hydrogen-bond acceptors (Lipinski definition) is 10. The minimum atomic E-state index is -4.38. The third kappa shape index (κ3) is 7.11. The van der Waals surface area contributed by atoms with Crippen LogP contribution in [0.1, 0.15) is 41.5 Å². The molecule has 0 atom stereocenters. The zero-order valence-electron chi connectivity index (χ0n) is 23.0. The van der Waals surface area contributed by atoms with Crippen LogP contribution in [0.2, 0.25) is 0 Å². The quantitative estimate of drug-likeness (QED) is 0.175. The summed E-state index contributed by atoms with van der Waals surface area (Å²) < 4.78 is 61.8. The third-order valence-corrected chi connectivity index (χ3v) is 6.72. The fraction of sp³-hybridized carbons (Fsp3) is 0.357. The van der Waals surface area contributed by atoms with E-state index in [-0.39, 0.29) is 81.9 Å². The van der Waals surface area contributed by atoms with Gasteiger partial charge in [-0.3, -0.25) is 0 Å². The van der Waals surface area contributed by atoms with Gasteiger partial charge >= 0.3 is 11.9 Å². The van der Waals surface area contributed by atoms with Crippen LogP contribution in [0.4, 0.5) is 0 Å². The van der Waals surface area contributed by atoms with Crippen molar-refractivity contribution in [2.24, 2.45) is 0 Å². The molecule has 0 unspecified atom stereocenters. The summed E-state index contributed by atoms with van der Waals surface area (Å²) in [5.41, 5.74) is 0.286. The van der Waals surface area contributed by atoms with E-state index in [0.29, 0.717) is 0 Å². The summed E-state index contributed by atoms with van der Waals surface area (Å²) in [6, 6.07) is 5.09. The Bertz CT molecular complexity index is 1260. The number of ether oxygens (including phenoxy) is 6. The summed E-state index contributed by atoms with van der Waals surface area (Å²) in [5.74, 6) is -1.92. The molecule has 0 radical (unpaired) electrons. The average Bonchev–Trinajstić information content (AvgIpc) is 2.87. The Kier molecular flexibility index (Phi) is 11.0. The summed E-state index contributed by atoms with van der Waals surface area (Å²) in [7, 11) is -4.38. The Labute approximate surface area is 229 Å². The molecule has 10 nitrogen and oxygen atoms in total. The molecule has 0 aliphatic carbocycles. The van der Waals surface area contributed by atoms with Crippen LogP contribution in [-0.2, 0) is 19.4 Å². The predicted molar refractivity (Wildman–Crippen MR) is 144 cm³/mol. The number of benzene rings is 2. The second-order valence-corrected chi connectivity index (χ2v) is 9.90. The first-order chi connectivity index (χ1) is 18.4. The SMILES string of the molecule is C=C(C)C(=O)Oc1ccc(S(=O)(=O)c2ccc(OC(=O)C(=C)C)c(OCC)c2OCC)c(OCC)c1OCC. The second kappa shape index (κ2) is 13.7. The van der Waals surface area contributed by atoms with Crippen molar-refractivity contribution >= 4 is 21.8 Å². The number of carbonyl (C=O) groups excluding carboxylic acids is 2. The van der Waals surface area contributed by atoms with E-state index in [9.17, 15) is 18.0 Å². The van der Waals surface area contributed by atoms with Crippen LogP contribution in [0.5, 0.6) is 34.5 Å². The van der Waals surface area contributed by atoms with Crippen LogP contribution in [0.25, 0.3) is 0 Å². The lowest BCUT2D eigenvalue weighted by Crippen LogP contribution is -2.14. The van der Waals surface area contributed by atoms with Crippen molar-refractivity contribution in [1.29, 1.82) is 0 Å². The molecule has 0 saturated heterocycles. The Morgan fingerprint density at radius 1 is 0.615 bits per heavy atom. The normalized spacial score (nSPS) is 10.8. The minimum Gasteiger partial charge on any atom is -0.489 e. The number of esters is 2. The van der Waals surface area contributed by atoms with Gasteiger partial charge in [-0.05, 0) is 65.8 Å². The van der Waals surface area contributed by atoms with Crippen molar-refractivity contribution in [3.05, 3.63) is 48.6 Å². The van der Waals surface area contributed by atoms with Gasteiger partial charge in [-0.15, -0.1) is 0 Å². The van der Waals surface area contributed by atoms with E-state index < -0.39 is 21.8 Å². The van der Waals surface area contributed by atoms with Gasteiger partial charge in [-0.25, -0.2) is 18.0 Å². The molecule has 2 aromatic carbocycles. The van der Waals surface area contributed by atoms with Crippen molar-refractivity contribution < 1.29 is 46.4 Å². The molecular formula is C28H34O10S. The monoisotopic (exact) mass is 562 g/mol. The smallest absolute Gasteiger partial charge is 0.338 e. The maximum absolute atomic E-state index is 14.1. The molecule has 0 fully saturated rings. The molecule has 2 aromatic rings. The molecule has 2 rings (SSSR count). The highest BCUT2D eigenvalue weighted by Crippen LogP contribution is 2.48. The maximum Gasteiger partial charge on any atom is 0.338 e. The van der Waals surface area contributed by atoms with Gasteiger partial charge in [-0.1, -0.05) is 13.2 Å². The lowest BCUT2D eigenvalue weighted by Gasteiger charge is -2.21. The van der Waals surface area contributed by atoms with Gasteiger partial charge in [0.15, 0.2) is 23.0 Å². The molecule has 0 aliphatic heterocycles. The fourth-order valence-corrected chi connectivity index (χ4v) is 4.78. The first kappa shape index (κ1) is 31.2. The number of carbonyl (C=O) groups is 2. The summed E-state index contributed by atoms with van der Waals surface area (Å²) >= 11 is 0. The van der Waals surface area contributed by atoms with Crippen LogP contribution < -0.4 is 28.4 Å². The lowest BCUT2D eigenvalue weighted by molar-refractivity contribution is -0.131. The van der Waals surface area contributed by atoms with Crippen LogP contribution in [-0.4, -0.2) is 46.8 Å². The summed E-state index contributed by atoms with van der Waals surface area (Å²) in [6.45, 7) is 17.2. The molecule has 0 aliphatic rings. The van der Waals surface area contributed by atoms with E-state index >= 15 is 0 Å². The van der Waals surface area contributed by atoms with Gasteiger partial charge in [0.1, 0.15) is 9.79 Å². The average molecular weight is 563 g/mol. The molecule has 0 saturated carbocycles. The largest absolute Gasteiger partial charge is 0.489 e. The van der Waals surface area contributed by atoms with Crippen molar-refractivity contribution in [2.45, 2.75) is 51.3 Å². The zero-order chi connectivity index (χ0) is 29.3. The van der Waals surface area contributed by atoms with Gasteiger partial charge in [0.2, 0.25) is 21.3 Å². The van der Waals surface area contributed by atoms with E-state index in [0.717, 1.165) is 0 Å². The third-order valence-electron chi connectivity index (χ3n) is 4.92. The van der Waals surface area contributed by atoms with Crippen LogP contribution in [0.3, 0.4) is 0 Å². The molecule has 11 heteroatoms. The van der Waals surface area contributed by atoms with Crippen molar-refractivity contribution in [1.82, 2.24) is 0 Å². The highest BCUT2D eigenvalue weighted by atomic mass is 32.2. The topological polar surface area (TPSA) is 124 Å². The zero-order valence-corrected chi connectivity index (χ0v) is 23.9. The Hall–Kier alpha value is -3.99. The fourth-order valence-electron chi connectivity index (χ4n) is 3.25. The first-order valence-electron chi connectivity index (χ1n) is 12.3. The molecule has 0 heterocycles. The lowest BCUT2D eigenvalue weighted by atomic mass is 10.2. The Morgan fingerprint density at radius 2 is 0.923 bits per heavy atom. The second-order valence-electron chi connectivity index (χ2n) is 8.02. The minimum absolute atomic E-state index is 0.0330. The van der Waals surface area contributed by atoms with Crippen LogP contribution in [0, 0.1) is 0 Å². The highest BCUT2D eigenvalue weighted by Gasteiger charge is 2.33. The molecule has 212 valence electrons. The predicted octanol–water partition coefficient (Wildman–Crippen LogP) is 5.08. The Morgan fingerprint density at radius 3 is 1.21 bits per heavy atom. The molecule has 0 N–H and O–H groups in total. The van der Waals surface area contributed by atoms with E-state index in [2.05, 4.69) is 13.2 Å². The van der Waals surface area contributed by atoms with Gasteiger partial charge in [-0.2, -0.15) is 0 Å². The highest BCUT2D eigenvalue weighted by molar-refractivity contribution is 7.91. The number of rotatable bonds is 14. The summed E-state index contributed by atoms with van der Waals surface area (Å²) in [5, 5.41) is 0. The number of hydrogen-bond donors (Lipinski definition) is 0. The van der Waals surface area contributed by atoms with Crippen molar-refractivity contribution in [3.8, 4) is 34.5 Å². The molecule has 0 spiro atoms.